The van der Waals surface area contributed by atoms with Crippen LogP contribution in [-0.4, -0.2) is 35.8 Å². The fraction of sp³-hybridized carbons (Fsp3) is 0.870. The van der Waals surface area contributed by atoms with E-state index in [1.165, 1.54) is 25.7 Å². The maximum Gasteiger partial charge on any atom is 0.232 e. The minimum absolute atomic E-state index is 0.0314. The maximum atomic E-state index is 12.7. The van der Waals surface area contributed by atoms with Gasteiger partial charge in [-0.3, -0.25) is 19.9 Å². The number of hydrogen-bond donors (Lipinski definition) is 2. The first kappa shape index (κ1) is 23.1. The molecule has 0 unspecified atom stereocenters. The molecule has 0 spiro atoms. The van der Waals surface area contributed by atoms with E-state index in [1.54, 1.807) is 0 Å². The molecule has 0 heterocycles. The molecule has 2 amide bonds. The Morgan fingerprint density at radius 3 is 2.36 bits per heavy atom. The Balaban J connectivity index is 1.94. The van der Waals surface area contributed by atoms with Crippen molar-refractivity contribution >= 4 is 17.5 Å². The molecule has 2 saturated carbocycles. The van der Waals surface area contributed by atoms with Crippen molar-refractivity contribution in [3.63, 3.8) is 0 Å². The van der Waals surface area contributed by atoms with Gasteiger partial charge in [-0.25, -0.2) is 0 Å². The standard InChI is InChI=1S/C23H40N2O3/c1-4-15-24-19(23(17-26)12-7-8-13-23)16-20(27)25-21(28)22(2,3)14-11-18-9-5-6-10-18/h18,26H,4-17H2,1-3H3,(H,25,27,28). The molecule has 2 fully saturated rings. The second-order valence-corrected chi connectivity index (χ2v) is 9.60. The molecule has 0 aromatic carbocycles. The summed E-state index contributed by atoms with van der Waals surface area (Å²) < 4.78 is 0. The van der Waals surface area contributed by atoms with Gasteiger partial charge in [0.2, 0.25) is 11.8 Å². The van der Waals surface area contributed by atoms with Crippen LogP contribution in [0.1, 0.15) is 97.8 Å². The molecular formula is C23H40N2O3. The first-order valence-corrected chi connectivity index (χ1v) is 11.3. The fourth-order valence-corrected chi connectivity index (χ4v) is 4.72. The number of hydrogen-bond acceptors (Lipinski definition) is 4. The van der Waals surface area contributed by atoms with E-state index >= 15 is 0 Å². The van der Waals surface area contributed by atoms with Gasteiger partial charge in [-0.1, -0.05) is 59.3 Å². The van der Waals surface area contributed by atoms with Crippen LogP contribution in [0.4, 0.5) is 0 Å². The van der Waals surface area contributed by atoms with E-state index in [0.717, 1.165) is 56.6 Å². The molecular weight excluding hydrogens is 352 g/mol. The van der Waals surface area contributed by atoms with E-state index in [-0.39, 0.29) is 30.3 Å². The second-order valence-electron chi connectivity index (χ2n) is 9.60. The Bertz CT molecular complexity index is 556. The van der Waals surface area contributed by atoms with Crippen molar-refractivity contribution in [2.45, 2.75) is 97.8 Å². The number of aliphatic imine (C=N–C) groups is 1. The molecule has 160 valence electrons. The van der Waals surface area contributed by atoms with Crippen molar-refractivity contribution in [1.29, 1.82) is 0 Å². The summed E-state index contributed by atoms with van der Waals surface area (Å²) in [5.41, 5.74) is -0.127. The molecule has 0 atom stereocenters. The summed E-state index contributed by atoms with van der Waals surface area (Å²) in [5.74, 6) is 0.269. The molecule has 2 rings (SSSR count). The van der Waals surface area contributed by atoms with Crippen LogP contribution in [-0.2, 0) is 9.59 Å². The predicted molar refractivity (Wildman–Crippen MR) is 113 cm³/mol. The average molecular weight is 393 g/mol. The number of imide groups is 1. The zero-order valence-corrected chi connectivity index (χ0v) is 18.2. The van der Waals surface area contributed by atoms with E-state index in [1.807, 2.05) is 13.8 Å². The number of carbonyl (C=O) groups is 2. The lowest BCUT2D eigenvalue weighted by Crippen LogP contribution is -2.43. The van der Waals surface area contributed by atoms with Crippen LogP contribution in [0.2, 0.25) is 0 Å². The van der Waals surface area contributed by atoms with Gasteiger partial charge in [0.1, 0.15) is 0 Å². The molecule has 0 radical (unpaired) electrons. The van der Waals surface area contributed by atoms with Crippen LogP contribution in [0.3, 0.4) is 0 Å². The topological polar surface area (TPSA) is 78.8 Å². The summed E-state index contributed by atoms with van der Waals surface area (Å²) in [5, 5.41) is 12.6. The molecule has 0 aromatic rings. The normalized spacial score (nSPS) is 20.5. The van der Waals surface area contributed by atoms with Crippen LogP contribution in [0.5, 0.6) is 0 Å². The van der Waals surface area contributed by atoms with E-state index in [4.69, 9.17) is 0 Å². The highest BCUT2D eigenvalue weighted by Gasteiger charge is 2.39. The Hall–Kier alpha value is -1.23. The van der Waals surface area contributed by atoms with Gasteiger partial charge < -0.3 is 5.11 Å². The molecule has 28 heavy (non-hydrogen) atoms. The van der Waals surface area contributed by atoms with Crippen LogP contribution in [0, 0.1) is 16.7 Å². The van der Waals surface area contributed by atoms with Gasteiger partial charge in [-0.05, 0) is 38.0 Å². The third-order valence-electron chi connectivity index (χ3n) is 6.85. The number of carbonyl (C=O) groups excluding carboxylic acids is 2. The van der Waals surface area contributed by atoms with Gasteiger partial charge in [-0.15, -0.1) is 0 Å². The number of nitrogens with zero attached hydrogens (tertiary/aromatic N) is 1. The summed E-state index contributed by atoms with van der Waals surface area (Å²) in [6, 6.07) is 0. The van der Waals surface area contributed by atoms with Crippen molar-refractivity contribution in [3.05, 3.63) is 0 Å². The third kappa shape index (κ3) is 6.13. The predicted octanol–water partition coefficient (Wildman–Crippen LogP) is 4.42. The first-order chi connectivity index (χ1) is 13.3. The molecule has 2 aliphatic carbocycles. The molecule has 0 aromatic heterocycles. The van der Waals surface area contributed by atoms with Crippen LogP contribution in [0.25, 0.3) is 0 Å². The third-order valence-corrected chi connectivity index (χ3v) is 6.85. The van der Waals surface area contributed by atoms with Crippen LogP contribution >= 0.6 is 0 Å². The van der Waals surface area contributed by atoms with Crippen molar-refractivity contribution in [2.75, 3.05) is 13.2 Å². The van der Waals surface area contributed by atoms with Gasteiger partial charge >= 0.3 is 0 Å². The average Bonchev–Trinajstić information content (AvgIpc) is 3.35. The Kier molecular flexibility index (Phi) is 8.66. The fourth-order valence-electron chi connectivity index (χ4n) is 4.72. The molecule has 2 N–H and O–H groups in total. The number of nitrogens with one attached hydrogen (secondary N) is 1. The van der Waals surface area contributed by atoms with Crippen molar-refractivity contribution in [2.24, 2.45) is 21.7 Å². The Morgan fingerprint density at radius 2 is 1.79 bits per heavy atom. The molecule has 5 heteroatoms. The van der Waals surface area contributed by atoms with Gasteiger partial charge in [0.05, 0.1) is 13.0 Å². The molecule has 5 nitrogen and oxygen atoms in total. The largest absolute Gasteiger partial charge is 0.395 e. The van der Waals surface area contributed by atoms with Crippen molar-refractivity contribution in [1.82, 2.24) is 5.32 Å². The highest BCUT2D eigenvalue weighted by molar-refractivity contribution is 6.09. The molecule has 0 saturated heterocycles. The van der Waals surface area contributed by atoms with Gasteiger partial charge in [0, 0.05) is 23.1 Å². The van der Waals surface area contributed by atoms with E-state index in [9.17, 15) is 14.7 Å². The molecule has 0 aliphatic heterocycles. The minimum Gasteiger partial charge on any atom is -0.395 e. The molecule has 0 bridgehead atoms. The van der Waals surface area contributed by atoms with E-state index in [0.29, 0.717) is 6.54 Å². The Labute approximate surface area is 170 Å². The summed E-state index contributed by atoms with van der Waals surface area (Å²) >= 11 is 0. The van der Waals surface area contributed by atoms with Crippen LogP contribution < -0.4 is 5.32 Å². The number of rotatable bonds is 10. The van der Waals surface area contributed by atoms with E-state index < -0.39 is 5.41 Å². The lowest BCUT2D eigenvalue weighted by molar-refractivity contribution is -0.135. The molecule has 2 aliphatic rings. The monoisotopic (exact) mass is 392 g/mol. The zero-order chi connectivity index (χ0) is 20.6. The second kappa shape index (κ2) is 10.5. The maximum absolute atomic E-state index is 12.7. The number of aliphatic hydroxyl groups is 1. The Morgan fingerprint density at radius 1 is 1.14 bits per heavy atom. The van der Waals surface area contributed by atoms with E-state index in [2.05, 4.69) is 17.2 Å². The smallest absolute Gasteiger partial charge is 0.232 e. The number of amides is 2. The number of aliphatic hydroxyl groups excluding tert-OH is 1. The summed E-state index contributed by atoms with van der Waals surface area (Å²) in [4.78, 5) is 30.0. The lowest BCUT2D eigenvalue weighted by atomic mass is 9.80. The van der Waals surface area contributed by atoms with Gasteiger partial charge in [-0.2, -0.15) is 0 Å². The summed E-state index contributed by atoms with van der Waals surface area (Å²) in [6.07, 6.45) is 11.9. The van der Waals surface area contributed by atoms with Gasteiger partial charge in [0.25, 0.3) is 0 Å². The quantitative estimate of drug-likeness (QED) is 0.540. The SMILES string of the molecule is CCCN=C(CC(=O)NC(=O)C(C)(C)CCC1CCCC1)C1(CO)CCCC1. The lowest BCUT2D eigenvalue weighted by Gasteiger charge is -2.29. The summed E-state index contributed by atoms with van der Waals surface area (Å²) in [6.45, 7) is 6.61. The van der Waals surface area contributed by atoms with Gasteiger partial charge in [0.15, 0.2) is 0 Å². The highest BCUT2D eigenvalue weighted by atomic mass is 16.3. The van der Waals surface area contributed by atoms with Crippen LogP contribution in [0.15, 0.2) is 4.99 Å². The minimum atomic E-state index is -0.541. The highest BCUT2D eigenvalue weighted by Crippen LogP contribution is 2.40. The first-order valence-electron chi connectivity index (χ1n) is 11.3. The zero-order valence-electron chi connectivity index (χ0n) is 18.2. The summed E-state index contributed by atoms with van der Waals surface area (Å²) in [7, 11) is 0. The van der Waals surface area contributed by atoms with Crippen molar-refractivity contribution < 1.29 is 14.7 Å². The van der Waals surface area contributed by atoms with Crippen molar-refractivity contribution in [3.8, 4) is 0 Å².